The number of aryl methyl sites for hydroxylation is 1. The number of hydrogen-bond acceptors (Lipinski definition) is 2. The van der Waals surface area contributed by atoms with E-state index in [1.165, 1.54) is 11.1 Å². The van der Waals surface area contributed by atoms with Gasteiger partial charge in [0, 0.05) is 13.0 Å². The van der Waals surface area contributed by atoms with Gasteiger partial charge in [0.2, 0.25) is 0 Å². The summed E-state index contributed by atoms with van der Waals surface area (Å²) in [5.41, 5.74) is 2.66. The van der Waals surface area contributed by atoms with E-state index in [-0.39, 0.29) is 6.23 Å². The lowest BCUT2D eigenvalue weighted by Gasteiger charge is -2.11. The summed E-state index contributed by atoms with van der Waals surface area (Å²) in [7, 11) is 0. The quantitative estimate of drug-likeness (QED) is 0.770. The first kappa shape index (κ1) is 9.69. The third kappa shape index (κ3) is 2.34. The molecule has 0 radical (unpaired) electrons. The first-order valence-electron chi connectivity index (χ1n) is 5.18. The molecule has 2 rings (SSSR count). The first-order chi connectivity index (χ1) is 6.74. The summed E-state index contributed by atoms with van der Waals surface area (Å²) in [4.78, 5) is 0. The molecule has 1 aliphatic heterocycles. The number of nitrogens with one attached hydrogen (secondary N) is 1. The van der Waals surface area contributed by atoms with Crippen LogP contribution in [0.15, 0.2) is 24.3 Å². The van der Waals surface area contributed by atoms with Crippen LogP contribution in [-0.2, 0) is 11.2 Å². The molecular formula is C12H17NO. The van der Waals surface area contributed by atoms with Crippen LogP contribution >= 0.6 is 0 Å². The second-order valence-electron chi connectivity index (χ2n) is 4.04. The van der Waals surface area contributed by atoms with Gasteiger partial charge in [0.15, 0.2) is 0 Å². The van der Waals surface area contributed by atoms with Gasteiger partial charge in [-0.05, 0) is 19.4 Å². The molecule has 0 aromatic heterocycles. The minimum atomic E-state index is 0.201. The molecule has 2 atom stereocenters. The molecule has 1 aromatic carbocycles. The maximum Gasteiger partial charge on any atom is 0.112 e. The van der Waals surface area contributed by atoms with Gasteiger partial charge in [-0.3, -0.25) is 5.32 Å². The Morgan fingerprint density at radius 2 is 2.36 bits per heavy atom. The van der Waals surface area contributed by atoms with Crippen molar-refractivity contribution >= 4 is 0 Å². The molecule has 1 saturated heterocycles. The van der Waals surface area contributed by atoms with Gasteiger partial charge in [-0.25, -0.2) is 0 Å². The van der Waals surface area contributed by atoms with Crippen molar-refractivity contribution in [3.05, 3.63) is 35.4 Å². The van der Waals surface area contributed by atoms with Crippen LogP contribution in [0, 0.1) is 6.92 Å². The summed E-state index contributed by atoms with van der Waals surface area (Å²) in [6.45, 7) is 5.19. The number of ether oxygens (including phenoxy) is 1. The van der Waals surface area contributed by atoms with Crippen molar-refractivity contribution in [1.29, 1.82) is 0 Å². The molecule has 1 aromatic rings. The molecule has 0 amide bonds. The van der Waals surface area contributed by atoms with Crippen LogP contribution in [0.25, 0.3) is 0 Å². The SMILES string of the molecule is Cc1cccc(CC2NCC(C)O2)c1. The molecule has 0 aliphatic carbocycles. The van der Waals surface area contributed by atoms with Crippen molar-refractivity contribution in [3.63, 3.8) is 0 Å². The van der Waals surface area contributed by atoms with E-state index in [0.717, 1.165) is 13.0 Å². The molecule has 14 heavy (non-hydrogen) atoms. The van der Waals surface area contributed by atoms with Crippen molar-refractivity contribution < 1.29 is 4.74 Å². The Hall–Kier alpha value is -0.860. The van der Waals surface area contributed by atoms with E-state index in [2.05, 4.69) is 43.4 Å². The fourth-order valence-corrected chi connectivity index (χ4v) is 1.85. The van der Waals surface area contributed by atoms with E-state index in [1.54, 1.807) is 0 Å². The first-order valence-corrected chi connectivity index (χ1v) is 5.18. The lowest BCUT2D eigenvalue weighted by Crippen LogP contribution is -2.24. The van der Waals surface area contributed by atoms with Crippen molar-refractivity contribution in [1.82, 2.24) is 5.32 Å². The molecule has 1 fully saturated rings. The van der Waals surface area contributed by atoms with Crippen molar-refractivity contribution in [2.75, 3.05) is 6.54 Å². The third-order valence-corrected chi connectivity index (χ3v) is 2.53. The van der Waals surface area contributed by atoms with Gasteiger partial charge in [-0.15, -0.1) is 0 Å². The molecule has 0 bridgehead atoms. The largest absolute Gasteiger partial charge is 0.359 e. The molecule has 0 saturated carbocycles. The molecule has 1 N–H and O–H groups in total. The summed E-state index contributed by atoms with van der Waals surface area (Å²) in [5.74, 6) is 0. The lowest BCUT2D eigenvalue weighted by molar-refractivity contribution is 0.0520. The Kier molecular flexibility index (Phi) is 2.85. The molecule has 2 nitrogen and oxygen atoms in total. The summed E-state index contributed by atoms with van der Waals surface area (Å²) < 4.78 is 5.69. The molecular weight excluding hydrogens is 174 g/mol. The zero-order valence-corrected chi connectivity index (χ0v) is 8.79. The van der Waals surface area contributed by atoms with Gasteiger partial charge in [-0.1, -0.05) is 29.8 Å². The topological polar surface area (TPSA) is 21.3 Å². The van der Waals surface area contributed by atoms with Gasteiger partial charge < -0.3 is 4.74 Å². The van der Waals surface area contributed by atoms with Crippen LogP contribution in [0.1, 0.15) is 18.1 Å². The van der Waals surface area contributed by atoms with Crippen molar-refractivity contribution in [2.24, 2.45) is 0 Å². The predicted molar refractivity (Wildman–Crippen MR) is 57.2 cm³/mol. The van der Waals surface area contributed by atoms with Crippen LogP contribution in [0.4, 0.5) is 0 Å². The van der Waals surface area contributed by atoms with Crippen LogP contribution in [-0.4, -0.2) is 18.9 Å². The summed E-state index contributed by atoms with van der Waals surface area (Å²) in [6.07, 6.45) is 1.52. The lowest BCUT2D eigenvalue weighted by atomic mass is 10.1. The average molecular weight is 191 g/mol. The molecule has 1 aliphatic rings. The van der Waals surface area contributed by atoms with E-state index in [9.17, 15) is 0 Å². The Balaban J connectivity index is 1.97. The number of hydrogen-bond donors (Lipinski definition) is 1. The second kappa shape index (κ2) is 4.11. The maximum absolute atomic E-state index is 5.69. The zero-order chi connectivity index (χ0) is 9.97. The highest BCUT2D eigenvalue weighted by Gasteiger charge is 2.20. The Labute approximate surface area is 85.3 Å². The van der Waals surface area contributed by atoms with Crippen molar-refractivity contribution in [3.8, 4) is 0 Å². The fourth-order valence-electron chi connectivity index (χ4n) is 1.85. The predicted octanol–water partition coefficient (Wildman–Crippen LogP) is 1.87. The zero-order valence-electron chi connectivity index (χ0n) is 8.79. The molecule has 1 heterocycles. The van der Waals surface area contributed by atoms with Gasteiger partial charge in [0.05, 0.1) is 6.10 Å². The van der Waals surface area contributed by atoms with Gasteiger partial charge in [0.1, 0.15) is 6.23 Å². The Morgan fingerprint density at radius 3 is 3.00 bits per heavy atom. The fraction of sp³-hybridized carbons (Fsp3) is 0.500. The highest BCUT2D eigenvalue weighted by atomic mass is 16.5. The monoisotopic (exact) mass is 191 g/mol. The summed E-state index contributed by atoms with van der Waals surface area (Å²) in [5, 5.41) is 3.35. The Morgan fingerprint density at radius 1 is 1.50 bits per heavy atom. The van der Waals surface area contributed by atoms with Crippen LogP contribution in [0.3, 0.4) is 0 Å². The summed E-state index contributed by atoms with van der Waals surface area (Å²) >= 11 is 0. The van der Waals surface area contributed by atoms with Crippen molar-refractivity contribution in [2.45, 2.75) is 32.6 Å². The smallest absolute Gasteiger partial charge is 0.112 e. The second-order valence-corrected chi connectivity index (χ2v) is 4.04. The minimum Gasteiger partial charge on any atom is -0.359 e. The Bertz CT molecular complexity index is 311. The van der Waals surface area contributed by atoms with E-state index in [4.69, 9.17) is 4.74 Å². The van der Waals surface area contributed by atoms with Gasteiger partial charge >= 0.3 is 0 Å². The van der Waals surface area contributed by atoms with Gasteiger partial charge in [-0.2, -0.15) is 0 Å². The van der Waals surface area contributed by atoms with Crippen LogP contribution in [0.2, 0.25) is 0 Å². The minimum absolute atomic E-state index is 0.201. The highest BCUT2D eigenvalue weighted by Crippen LogP contribution is 2.11. The number of rotatable bonds is 2. The van der Waals surface area contributed by atoms with Crippen LogP contribution < -0.4 is 5.32 Å². The van der Waals surface area contributed by atoms with E-state index in [0.29, 0.717) is 6.10 Å². The highest BCUT2D eigenvalue weighted by molar-refractivity contribution is 5.22. The average Bonchev–Trinajstić information content (AvgIpc) is 2.51. The maximum atomic E-state index is 5.69. The van der Waals surface area contributed by atoms with Gasteiger partial charge in [0.25, 0.3) is 0 Å². The standard InChI is InChI=1S/C12H17NO/c1-9-4-3-5-11(6-9)7-12-13-8-10(2)14-12/h3-6,10,12-13H,7-8H2,1-2H3. The van der Waals surface area contributed by atoms with E-state index < -0.39 is 0 Å². The molecule has 76 valence electrons. The number of benzene rings is 1. The summed E-state index contributed by atoms with van der Waals surface area (Å²) in [6, 6.07) is 8.59. The molecule has 2 unspecified atom stereocenters. The molecule has 2 heteroatoms. The van der Waals surface area contributed by atoms with E-state index >= 15 is 0 Å². The van der Waals surface area contributed by atoms with Crippen LogP contribution in [0.5, 0.6) is 0 Å². The normalized spacial score (nSPS) is 26.7. The molecule has 0 spiro atoms. The van der Waals surface area contributed by atoms with E-state index in [1.807, 2.05) is 0 Å². The third-order valence-electron chi connectivity index (χ3n) is 2.53.